The van der Waals surface area contributed by atoms with Gasteiger partial charge in [0, 0.05) is 32.9 Å². The fourth-order valence-corrected chi connectivity index (χ4v) is 1.93. The van der Waals surface area contributed by atoms with Crippen LogP contribution in [0.4, 0.5) is 4.79 Å². The third-order valence-electron chi connectivity index (χ3n) is 3.29. The molecule has 118 valence electrons. The third kappa shape index (κ3) is 6.78. The van der Waals surface area contributed by atoms with E-state index in [4.69, 9.17) is 16.7 Å². The Morgan fingerprint density at radius 2 is 2.19 bits per heavy atom. The first-order chi connectivity index (χ1) is 9.84. The van der Waals surface area contributed by atoms with Crippen LogP contribution in [0.5, 0.6) is 0 Å². The molecule has 0 unspecified atom stereocenters. The van der Waals surface area contributed by atoms with E-state index in [0.717, 1.165) is 18.4 Å². The lowest BCUT2D eigenvalue weighted by Gasteiger charge is -2.22. The quantitative estimate of drug-likeness (QED) is 0.601. The average Bonchev–Trinajstić information content (AvgIpc) is 2.45. The monoisotopic (exact) mass is 313 g/mol. The van der Waals surface area contributed by atoms with Gasteiger partial charge >= 0.3 is 6.03 Å². The predicted octanol–water partition coefficient (Wildman–Crippen LogP) is 2.68. The molecule has 0 aromatic carbocycles. The van der Waals surface area contributed by atoms with E-state index in [2.05, 4.69) is 10.3 Å². The summed E-state index contributed by atoms with van der Waals surface area (Å²) in [6.45, 7) is 5.26. The standard InChI is InChI=1S/C15H24ClN3O2/c1-15(2,11-20)7-4-8-17-14(21)19(3)10-12-5-6-13(16)18-9-12/h5-6,9,20H,4,7-8,10-11H2,1-3H3,(H,17,21). The van der Waals surface area contributed by atoms with Gasteiger partial charge in [-0.2, -0.15) is 0 Å². The van der Waals surface area contributed by atoms with Crippen LogP contribution in [0.15, 0.2) is 18.3 Å². The number of hydrogen-bond donors (Lipinski definition) is 2. The molecule has 5 nitrogen and oxygen atoms in total. The van der Waals surface area contributed by atoms with Crippen LogP contribution in [-0.4, -0.2) is 41.2 Å². The van der Waals surface area contributed by atoms with Crippen molar-refractivity contribution in [2.45, 2.75) is 33.2 Å². The molecule has 0 saturated heterocycles. The highest BCUT2D eigenvalue weighted by atomic mass is 35.5. The molecule has 0 aliphatic rings. The van der Waals surface area contributed by atoms with Gasteiger partial charge in [-0.25, -0.2) is 9.78 Å². The van der Waals surface area contributed by atoms with Gasteiger partial charge in [-0.05, 0) is 29.9 Å². The second kappa shape index (κ2) is 8.20. The van der Waals surface area contributed by atoms with Crippen LogP contribution in [0, 0.1) is 5.41 Å². The second-order valence-corrected chi connectivity index (χ2v) is 6.39. The fraction of sp³-hybridized carbons (Fsp3) is 0.600. The molecule has 0 saturated carbocycles. The first-order valence-corrected chi connectivity index (χ1v) is 7.42. The Morgan fingerprint density at radius 1 is 1.48 bits per heavy atom. The molecule has 2 N–H and O–H groups in total. The number of halogens is 1. The number of hydrogen-bond acceptors (Lipinski definition) is 3. The minimum Gasteiger partial charge on any atom is -0.396 e. The zero-order valence-corrected chi connectivity index (χ0v) is 13.7. The molecule has 0 aliphatic carbocycles. The van der Waals surface area contributed by atoms with Gasteiger partial charge in [0.2, 0.25) is 0 Å². The van der Waals surface area contributed by atoms with Gasteiger partial charge in [0.05, 0.1) is 0 Å². The summed E-state index contributed by atoms with van der Waals surface area (Å²) in [5.41, 5.74) is 0.837. The van der Waals surface area contributed by atoms with Crippen LogP contribution < -0.4 is 5.32 Å². The van der Waals surface area contributed by atoms with E-state index in [1.54, 1.807) is 24.2 Å². The van der Waals surface area contributed by atoms with E-state index in [9.17, 15) is 4.79 Å². The molecular formula is C15H24ClN3O2. The Labute approximate surface area is 131 Å². The van der Waals surface area contributed by atoms with E-state index >= 15 is 0 Å². The van der Waals surface area contributed by atoms with E-state index in [-0.39, 0.29) is 18.1 Å². The molecule has 1 aromatic rings. The Morgan fingerprint density at radius 3 is 2.76 bits per heavy atom. The topological polar surface area (TPSA) is 65.5 Å². The number of aromatic nitrogens is 1. The maximum atomic E-state index is 11.9. The number of amides is 2. The molecule has 1 heterocycles. The number of carbonyl (C=O) groups is 1. The smallest absolute Gasteiger partial charge is 0.317 e. The van der Waals surface area contributed by atoms with Crippen LogP contribution in [0.25, 0.3) is 0 Å². The summed E-state index contributed by atoms with van der Waals surface area (Å²) in [5, 5.41) is 12.5. The molecule has 0 bridgehead atoms. The molecule has 1 aromatic heterocycles. The van der Waals surface area contributed by atoms with Crippen molar-refractivity contribution in [1.29, 1.82) is 0 Å². The van der Waals surface area contributed by atoms with Gasteiger partial charge < -0.3 is 15.3 Å². The van der Waals surface area contributed by atoms with Crippen LogP contribution in [-0.2, 0) is 6.54 Å². The summed E-state index contributed by atoms with van der Waals surface area (Å²) in [4.78, 5) is 17.5. The van der Waals surface area contributed by atoms with Crippen molar-refractivity contribution in [2.24, 2.45) is 5.41 Å². The SMILES string of the molecule is CN(Cc1ccc(Cl)nc1)C(=O)NCCCC(C)(C)CO. The van der Waals surface area contributed by atoms with Gasteiger partial charge in [0.1, 0.15) is 5.15 Å². The largest absolute Gasteiger partial charge is 0.396 e. The Hall–Kier alpha value is -1.33. The molecule has 0 spiro atoms. The summed E-state index contributed by atoms with van der Waals surface area (Å²) < 4.78 is 0. The predicted molar refractivity (Wildman–Crippen MR) is 84.2 cm³/mol. The molecule has 21 heavy (non-hydrogen) atoms. The fourth-order valence-electron chi connectivity index (χ4n) is 1.82. The van der Waals surface area contributed by atoms with Crippen LogP contribution in [0.3, 0.4) is 0 Å². The molecule has 0 aliphatic heterocycles. The van der Waals surface area contributed by atoms with Gasteiger partial charge in [0.25, 0.3) is 0 Å². The summed E-state index contributed by atoms with van der Waals surface area (Å²) in [6, 6.07) is 3.44. The van der Waals surface area contributed by atoms with Crippen molar-refractivity contribution in [2.75, 3.05) is 20.2 Å². The summed E-state index contributed by atoms with van der Waals surface area (Å²) in [6.07, 6.45) is 3.38. The number of aliphatic hydroxyl groups is 1. The van der Waals surface area contributed by atoms with Crippen molar-refractivity contribution in [1.82, 2.24) is 15.2 Å². The summed E-state index contributed by atoms with van der Waals surface area (Å²) in [7, 11) is 1.74. The van der Waals surface area contributed by atoms with Crippen molar-refractivity contribution < 1.29 is 9.90 Å². The van der Waals surface area contributed by atoms with E-state index < -0.39 is 0 Å². The number of nitrogens with zero attached hydrogens (tertiary/aromatic N) is 2. The van der Waals surface area contributed by atoms with Crippen molar-refractivity contribution in [3.63, 3.8) is 0 Å². The summed E-state index contributed by atoms with van der Waals surface area (Å²) in [5.74, 6) is 0. The number of carbonyl (C=O) groups excluding carboxylic acids is 1. The Bertz CT molecular complexity index is 449. The molecule has 6 heteroatoms. The second-order valence-electron chi connectivity index (χ2n) is 6.00. The van der Waals surface area contributed by atoms with Crippen molar-refractivity contribution in [3.8, 4) is 0 Å². The van der Waals surface area contributed by atoms with Gasteiger partial charge in [0.15, 0.2) is 0 Å². The van der Waals surface area contributed by atoms with Gasteiger partial charge in [-0.1, -0.05) is 31.5 Å². The zero-order chi connectivity index (χ0) is 15.9. The Balaban J connectivity index is 2.30. The normalized spacial score (nSPS) is 11.3. The number of rotatable bonds is 7. The number of aliphatic hydroxyl groups excluding tert-OH is 1. The highest BCUT2D eigenvalue weighted by Gasteiger charge is 2.16. The highest BCUT2D eigenvalue weighted by molar-refractivity contribution is 6.29. The molecule has 2 amide bonds. The van der Waals surface area contributed by atoms with Crippen LogP contribution in [0.2, 0.25) is 5.15 Å². The maximum absolute atomic E-state index is 11.9. The highest BCUT2D eigenvalue weighted by Crippen LogP contribution is 2.20. The molecule has 1 rings (SSSR count). The lowest BCUT2D eigenvalue weighted by molar-refractivity contribution is 0.147. The lowest BCUT2D eigenvalue weighted by Crippen LogP contribution is -2.37. The van der Waals surface area contributed by atoms with E-state index in [1.165, 1.54) is 0 Å². The van der Waals surface area contributed by atoms with E-state index in [1.807, 2.05) is 19.9 Å². The van der Waals surface area contributed by atoms with Gasteiger partial charge in [-0.3, -0.25) is 0 Å². The van der Waals surface area contributed by atoms with Gasteiger partial charge in [-0.15, -0.1) is 0 Å². The minimum atomic E-state index is -0.119. The average molecular weight is 314 g/mol. The molecular weight excluding hydrogens is 290 g/mol. The number of urea groups is 1. The summed E-state index contributed by atoms with van der Waals surface area (Å²) >= 11 is 5.72. The van der Waals surface area contributed by atoms with Crippen LogP contribution in [0.1, 0.15) is 32.3 Å². The maximum Gasteiger partial charge on any atom is 0.317 e. The molecule has 0 radical (unpaired) electrons. The lowest BCUT2D eigenvalue weighted by atomic mass is 9.89. The zero-order valence-electron chi connectivity index (χ0n) is 12.9. The van der Waals surface area contributed by atoms with Crippen molar-refractivity contribution in [3.05, 3.63) is 29.0 Å². The number of nitrogens with one attached hydrogen (secondary N) is 1. The molecule has 0 fully saturated rings. The number of pyridine rings is 1. The first-order valence-electron chi connectivity index (χ1n) is 7.04. The van der Waals surface area contributed by atoms with Crippen LogP contribution >= 0.6 is 11.6 Å². The van der Waals surface area contributed by atoms with E-state index in [0.29, 0.717) is 18.2 Å². The minimum absolute atomic E-state index is 0.0917. The molecule has 0 atom stereocenters. The van der Waals surface area contributed by atoms with Crippen molar-refractivity contribution >= 4 is 17.6 Å². The Kier molecular flexibility index (Phi) is 6.92. The first kappa shape index (κ1) is 17.7. The third-order valence-corrected chi connectivity index (χ3v) is 3.51.